The monoisotopic (exact) mass is 443 g/mol. The van der Waals surface area contributed by atoms with Crippen LogP contribution < -0.4 is 15.5 Å². The van der Waals surface area contributed by atoms with Gasteiger partial charge in [0.25, 0.3) is 0 Å². The van der Waals surface area contributed by atoms with Gasteiger partial charge in [-0.3, -0.25) is 4.99 Å². The van der Waals surface area contributed by atoms with Crippen molar-refractivity contribution in [2.75, 3.05) is 31.6 Å². The fourth-order valence-electron chi connectivity index (χ4n) is 3.01. The number of anilines is 1. The molecule has 0 radical (unpaired) electrons. The first-order chi connectivity index (χ1) is 11.3. The van der Waals surface area contributed by atoms with E-state index in [0.29, 0.717) is 0 Å². The van der Waals surface area contributed by atoms with Crippen LogP contribution in [0.1, 0.15) is 44.1 Å². The molecule has 1 aliphatic heterocycles. The average molecular weight is 443 g/mol. The van der Waals surface area contributed by atoms with E-state index in [1.54, 1.807) is 0 Å². The van der Waals surface area contributed by atoms with Gasteiger partial charge in [-0.2, -0.15) is 0 Å². The Morgan fingerprint density at radius 3 is 2.62 bits per heavy atom. The van der Waals surface area contributed by atoms with Crippen molar-refractivity contribution in [1.82, 2.24) is 15.6 Å². The number of hydrogen-bond acceptors (Lipinski definition) is 3. The van der Waals surface area contributed by atoms with E-state index in [1.165, 1.54) is 44.1 Å². The van der Waals surface area contributed by atoms with Crippen LogP contribution in [0.3, 0.4) is 0 Å². The minimum absolute atomic E-state index is 0. The molecule has 1 aromatic rings. The summed E-state index contributed by atoms with van der Waals surface area (Å²) < 4.78 is 0. The van der Waals surface area contributed by atoms with Crippen LogP contribution in [0.4, 0.5) is 5.82 Å². The summed E-state index contributed by atoms with van der Waals surface area (Å²) in [7, 11) is 1.83. The fourth-order valence-corrected chi connectivity index (χ4v) is 3.01. The highest BCUT2D eigenvalue weighted by Gasteiger charge is 2.21. The van der Waals surface area contributed by atoms with Crippen molar-refractivity contribution in [3.8, 4) is 0 Å². The van der Waals surface area contributed by atoms with Crippen LogP contribution in [-0.4, -0.2) is 37.6 Å². The Labute approximate surface area is 162 Å². The SMILES string of the molecule is CN=C(NCc1ccnc(N2CCCCCC2)c1)NCC1CC1.I. The molecule has 1 saturated carbocycles. The fraction of sp³-hybridized carbons (Fsp3) is 0.667. The Hall–Kier alpha value is -1.05. The van der Waals surface area contributed by atoms with Crippen molar-refractivity contribution in [3.05, 3.63) is 23.9 Å². The molecule has 5 nitrogen and oxygen atoms in total. The molecule has 6 heteroatoms. The summed E-state index contributed by atoms with van der Waals surface area (Å²) in [4.78, 5) is 11.3. The molecule has 0 aromatic carbocycles. The Kier molecular flexibility index (Phi) is 8.08. The zero-order valence-corrected chi connectivity index (χ0v) is 17.0. The second-order valence-electron chi connectivity index (χ2n) is 6.67. The minimum Gasteiger partial charge on any atom is -0.357 e. The lowest BCUT2D eigenvalue weighted by Gasteiger charge is -2.22. The van der Waals surface area contributed by atoms with Crippen molar-refractivity contribution in [2.45, 2.75) is 45.1 Å². The maximum atomic E-state index is 4.57. The normalized spacial score (nSPS) is 18.5. The van der Waals surface area contributed by atoms with Crippen LogP contribution in [0.5, 0.6) is 0 Å². The van der Waals surface area contributed by atoms with Crippen LogP contribution in [0.25, 0.3) is 0 Å². The van der Waals surface area contributed by atoms with Crippen LogP contribution >= 0.6 is 24.0 Å². The van der Waals surface area contributed by atoms with Gasteiger partial charge >= 0.3 is 0 Å². The summed E-state index contributed by atoms with van der Waals surface area (Å²) in [6.45, 7) is 4.09. The van der Waals surface area contributed by atoms with Gasteiger partial charge in [-0.15, -0.1) is 24.0 Å². The third-order valence-electron chi connectivity index (χ3n) is 4.68. The quantitative estimate of drug-likeness (QED) is 0.417. The smallest absolute Gasteiger partial charge is 0.191 e. The molecule has 2 aliphatic rings. The summed E-state index contributed by atoms with van der Waals surface area (Å²) in [5, 5.41) is 6.80. The molecule has 2 fully saturated rings. The molecule has 2 N–H and O–H groups in total. The number of rotatable bonds is 5. The van der Waals surface area contributed by atoms with Crippen molar-refractivity contribution in [2.24, 2.45) is 10.9 Å². The van der Waals surface area contributed by atoms with Gasteiger partial charge < -0.3 is 15.5 Å². The number of nitrogens with zero attached hydrogens (tertiary/aromatic N) is 3. The van der Waals surface area contributed by atoms with Crippen LogP contribution in [-0.2, 0) is 6.54 Å². The molecular weight excluding hydrogens is 413 g/mol. The first kappa shape index (κ1) is 19.3. The summed E-state index contributed by atoms with van der Waals surface area (Å²) in [5.74, 6) is 2.86. The maximum absolute atomic E-state index is 4.57. The molecule has 0 spiro atoms. The van der Waals surface area contributed by atoms with Gasteiger partial charge in [-0.05, 0) is 49.3 Å². The molecule has 0 bridgehead atoms. The largest absolute Gasteiger partial charge is 0.357 e. The number of aliphatic imine (C=N–C) groups is 1. The topological polar surface area (TPSA) is 52.6 Å². The molecule has 0 amide bonds. The van der Waals surface area contributed by atoms with E-state index in [-0.39, 0.29) is 24.0 Å². The van der Waals surface area contributed by atoms with Crippen molar-refractivity contribution in [1.29, 1.82) is 0 Å². The van der Waals surface area contributed by atoms with Crippen LogP contribution in [0.15, 0.2) is 23.3 Å². The van der Waals surface area contributed by atoms with Gasteiger partial charge in [-0.25, -0.2) is 4.98 Å². The molecule has 1 aliphatic carbocycles. The van der Waals surface area contributed by atoms with Gasteiger partial charge in [0, 0.05) is 39.4 Å². The molecule has 0 atom stereocenters. The minimum atomic E-state index is 0. The highest BCUT2D eigenvalue weighted by molar-refractivity contribution is 14.0. The summed E-state index contributed by atoms with van der Waals surface area (Å²) in [6.07, 6.45) is 9.89. The van der Waals surface area contributed by atoms with Crippen molar-refractivity contribution >= 4 is 35.8 Å². The molecule has 2 heterocycles. The molecule has 134 valence electrons. The molecule has 0 unspecified atom stereocenters. The average Bonchev–Trinajstić information content (AvgIpc) is 3.42. The zero-order chi connectivity index (χ0) is 15.9. The van der Waals surface area contributed by atoms with E-state index >= 15 is 0 Å². The summed E-state index contributed by atoms with van der Waals surface area (Å²) in [5.41, 5.74) is 1.26. The maximum Gasteiger partial charge on any atom is 0.191 e. The van der Waals surface area contributed by atoms with Crippen LogP contribution in [0, 0.1) is 5.92 Å². The predicted molar refractivity (Wildman–Crippen MR) is 111 cm³/mol. The highest BCUT2D eigenvalue weighted by atomic mass is 127. The molecule has 3 rings (SSSR count). The third-order valence-corrected chi connectivity index (χ3v) is 4.68. The van der Waals surface area contributed by atoms with Gasteiger partial charge in [-0.1, -0.05) is 12.8 Å². The van der Waals surface area contributed by atoms with E-state index < -0.39 is 0 Å². The van der Waals surface area contributed by atoms with Gasteiger partial charge in [0.2, 0.25) is 0 Å². The number of aromatic nitrogens is 1. The van der Waals surface area contributed by atoms with E-state index in [0.717, 1.165) is 43.9 Å². The summed E-state index contributed by atoms with van der Waals surface area (Å²) in [6, 6.07) is 4.30. The second-order valence-corrected chi connectivity index (χ2v) is 6.67. The number of halogens is 1. The lowest BCUT2D eigenvalue weighted by Crippen LogP contribution is -2.37. The Bertz CT molecular complexity index is 522. The van der Waals surface area contributed by atoms with E-state index in [4.69, 9.17) is 0 Å². The standard InChI is InChI=1S/C18H29N5.HI/c1-19-18(21-13-15-6-7-15)22-14-16-8-9-20-17(12-16)23-10-4-2-3-5-11-23;/h8-9,12,15H,2-7,10-11,13-14H2,1H3,(H2,19,21,22);1H. The molecule has 1 saturated heterocycles. The number of nitrogens with one attached hydrogen (secondary N) is 2. The Morgan fingerprint density at radius 1 is 1.21 bits per heavy atom. The highest BCUT2D eigenvalue weighted by Crippen LogP contribution is 2.27. The van der Waals surface area contributed by atoms with Crippen LogP contribution in [0.2, 0.25) is 0 Å². The Balaban J connectivity index is 0.00000208. The van der Waals surface area contributed by atoms with E-state index in [9.17, 15) is 0 Å². The van der Waals surface area contributed by atoms with Gasteiger partial charge in [0.15, 0.2) is 5.96 Å². The van der Waals surface area contributed by atoms with Gasteiger partial charge in [0.1, 0.15) is 5.82 Å². The lowest BCUT2D eigenvalue weighted by atomic mass is 10.2. The first-order valence-corrected chi connectivity index (χ1v) is 8.99. The molecule has 24 heavy (non-hydrogen) atoms. The number of pyridine rings is 1. The Morgan fingerprint density at radius 2 is 1.96 bits per heavy atom. The molecular formula is C18H30IN5. The van der Waals surface area contributed by atoms with Gasteiger partial charge in [0.05, 0.1) is 0 Å². The summed E-state index contributed by atoms with van der Waals surface area (Å²) >= 11 is 0. The lowest BCUT2D eigenvalue weighted by molar-refractivity contribution is 0.726. The third kappa shape index (κ3) is 6.11. The van der Waals surface area contributed by atoms with E-state index in [1.807, 2.05) is 13.2 Å². The molecule has 1 aromatic heterocycles. The van der Waals surface area contributed by atoms with E-state index in [2.05, 4.69) is 37.6 Å². The number of hydrogen-bond donors (Lipinski definition) is 2. The van der Waals surface area contributed by atoms with Crippen molar-refractivity contribution in [3.63, 3.8) is 0 Å². The second kappa shape index (κ2) is 10.1. The first-order valence-electron chi connectivity index (χ1n) is 8.99. The zero-order valence-electron chi connectivity index (χ0n) is 14.6. The number of guanidine groups is 1. The predicted octanol–water partition coefficient (Wildman–Crippen LogP) is 3.16. The van der Waals surface area contributed by atoms with Crippen molar-refractivity contribution < 1.29 is 0 Å².